The molecule has 0 aliphatic carbocycles. The molecule has 0 unspecified atom stereocenters. The summed E-state index contributed by atoms with van der Waals surface area (Å²) >= 11 is 0. The summed E-state index contributed by atoms with van der Waals surface area (Å²) in [7, 11) is 0. The van der Waals surface area contributed by atoms with Crippen LogP contribution in [0.15, 0.2) is 18.3 Å². The van der Waals surface area contributed by atoms with Crippen molar-refractivity contribution in [3.05, 3.63) is 29.2 Å². The molecule has 2 atom stereocenters. The second-order valence-electron chi connectivity index (χ2n) is 7.23. The number of alkyl halides is 1. The summed E-state index contributed by atoms with van der Waals surface area (Å²) in [6, 6.07) is 1.16. The average molecular weight is 416 g/mol. The third-order valence-electron chi connectivity index (χ3n) is 3.63. The largest absolute Gasteiger partial charge is 0.618 e. The number of aliphatic carboxylic acids is 2. The third-order valence-corrected chi connectivity index (χ3v) is 3.63. The highest BCUT2D eigenvalue weighted by Crippen LogP contribution is 2.16. The first-order valence-corrected chi connectivity index (χ1v) is 8.79. The molecule has 1 amide bonds. The number of hydrogen-bond acceptors (Lipinski definition) is 6. The summed E-state index contributed by atoms with van der Waals surface area (Å²) in [6.07, 6.45) is -0.730. The fraction of sp³-hybridized carbons (Fsp3) is 0.556. The Morgan fingerprint density at radius 2 is 1.90 bits per heavy atom. The van der Waals surface area contributed by atoms with Gasteiger partial charge in [0.25, 0.3) is 0 Å². The van der Waals surface area contributed by atoms with Crippen LogP contribution in [0, 0.1) is 11.1 Å². The first-order chi connectivity index (χ1) is 13.4. The molecule has 0 aliphatic heterocycles. The number of carbonyl (C=O) groups excluding carboxylic acids is 1. The lowest BCUT2D eigenvalue weighted by Crippen LogP contribution is -2.45. The summed E-state index contributed by atoms with van der Waals surface area (Å²) < 4.78 is 22.5. The SMILES string of the molecule is CC(C)(C)OC(=O)N[C@@H](C[C@H](Cc1ccc(OCCF)c[n+]1[O-])C(=O)O)C(=O)O. The minimum Gasteiger partial charge on any atom is -0.618 e. The summed E-state index contributed by atoms with van der Waals surface area (Å²) in [5, 5.41) is 32.9. The smallest absolute Gasteiger partial charge is 0.408 e. The Hall–Kier alpha value is -3.11. The number of pyridine rings is 1. The van der Waals surface area contributed by atoms with E-state index < -0.39 is 48.7 Å². The van der Waals surface area contributed by atoms with Crippen LogP contribution in [-0.2, 0) is 20.7 Å². The first-order valence-electron chi connectivity index (χ1n) is 8.79. The van der Waals surface area contributed by atoms with E-state index in [1.54, 1.807) is 20.8 Å². The monoisotopic (exact) mass is 416 g/mol. The van der Waals surface area contributed by atoms with E-state index >= 15 is 0 Å². The minimum absolute atomic E-state index is 0.0476. The average Bonchev–Trinajstić information content (AvgIpc) is 2.58. The molecule has 0 radical (unpaired) electrons. The van der Waals surface area contributed by atoms with Gasteiger partial charge in [-0.15, -0.1) is 0 Å². The molecule has 0 aromatic carbocycles. The van der Waals surface area contributed by atoms with Crippen molar-refractivity contribution >= 4 is 18.0 Å². The Labute approximate surface area is 166 Å². The highest BCUT2D eigenvalue weighted by atomic mass is 19.1. The van der Waals surface area contributed by atoms with Gasteiger partial charge in [0.1, 0.15) is 24.9 Å². The zero-order valence-electron chi connectivity index (χ0n) is 16.4. The van der Waals surface area contributed by atoms with Gasteiger partial charge in [-0.2, -0.15) is 4.73 Å². The molecule has 0 bridgehead atoms. The zero-order valence-corrected chi connectivity index (χ0v) is 16.4. The van der Waals surface area contributed by atoms with Crippen LogP contribution in [0.25, 0.3) is 0 Å². The predicted octanol–water partition coefficient (Wildman–Crippen LogP) is 1.28. The molecule has 1 aromatic rings. The normalized spacial score (nSPS) is 13.2. The van der Waals surface area contributed by atoms with E-state index in [2.05, 4.69) is 5.32 Å². The zero-order chi connectivity index (χ0) is 22.2. The third kappa shape index (κ3) is 8.62. The lowest BCUT2D eigenvalue weighted by atomic mass is 9.94. The van der Waals surface area contributed by atoms with Crippen molar-refractivity contribution in [3.63, 3.8) is 0 Å². The number of carboxylic acid groups (broad SMARTS) is 2. The molecular weight excluding hydrogens is 391 g/mol. The van der Waals surface area contributed by atoms with E-state index in [9.17, 15) is 34.2 Å². The van der Waals surface area contributed by atoms with Gasteiger partial charge in [0.05, 0.1) is 5.92 Å². The lowest BCUT2D eigenvalue weighted by molar-refractivity contribution is -0.614. The molecule has 162 valence electrons. The van der Waals surface area contributed by atoms with E-state index in [1.165, 1.54) is 12.1 Å². The van der Waals surface area contributed by atoms with Crippen LogP contribution in [-0.4, -0.2) is 53.2 Å². The molecule has 0 aliphatic rings. The molecule has 0 fully saturated rings. The van der Waals surface area contributed by atoms with Crippen molar-refractivity contribution in [1.82, 2.24) is 5.32 Å². The van der Waals surface area contributed by atoms with Gasteiger partial charge >= 0.3 is 18.0 Å². The quantitative estimate of drug-likeness (QED) is 0.381. The fourth-order valence-electron chi connectivity index (χ4n) is 2.37. The molecule has 0 spiro atoms. The van der Waals surface area contributed by atoms with Crippen LogP contribution < -0.4 is 14.8 Å². The van der Waals surface area contributed by atoms with Crippen LogP contribution in [0.3, 0.4) is 0 Å². The van der Waals surface area contributed by atoms with Crippen LogP contribution in [0.2, 0.25) is 0 Å². The van der Waals surface area contributed by atoms with Crippen LogP contribution >= 0.6 is 0 Å². The van der Waals surface area contributed by atoms with Crippen molar-refractivity contribution in [2.75, 3.05) is 13.3 Å². The van der Waals surface area contributed by atoms with Gasteiger partial charge in [-0.3, -0.25) is 4.79 Å². The van der Waals surface area contributed by atoms with Gasteiger partial charge in [-0.05, 0) is 33.3 Å². The van der Waals surface area contributed by atoms with Gasteiger partial charge in [0, 0.05) is 12.5 Å². The fourth-order valence-corrected chi connectivity index (χ4v) is 2.37. The number of ether oxygens (including phenoxy) is 2. The molecule has 10 nitrogen and oxygen atoms in total. The number of alkyl carbamates (subject to hydrolysis) is 1. The molecule has 29 heavy (non-hydrogen) atoms. The maximum atomic E-state index is 12.1. The summed E-state index contributed by atoms with van der Waals surface area (Å²) in [5.41, 5.74) is -0.814. The van der Waals surface area contributed by atoms with Crippen LogP contribution in [0.5, 0.6) is 5.75 Å². The Kier molecular flexibility index (Phi) is 8.61. The highest BCUT2D eigenvalue weighted by Gasteiger charge is 2.31. The number of halogens is 1. The highest BCUT2D eigenvalue weighted by molar-refractivity contribution is 5.81. The Balaban J connectivity index is 2.89. The predicted molar refractivity (Wildman–Crippen MR) is 97.1 cm³/mol. The first kappa shape index (κ1) is 23.9. The standard InChI is InChI=1S/C18H25FN2O8/c1-18(2,3)29-17(26)20-14(16(24)25)9-11(15(22)23)8-12-4-5-13(10-21(12)27)28-7-6-19/h4-5,10-11,14H,6-9H2,1-3H3,(H,20,26)(H,22,23)(H,24,25)/t11-,14-/m0/s1. The van der Waals surface area contributed by atoms with Gasteiger partial charge in [0.15, 0.2) is 11.4 Å². The molecule has 1 rings (SSSR count). The topological polar surface area (TPSA) is 149 Å². The molecule has 1 aromatic heterocycles. The molecule has 1 heterocycles. The maximum Gasteiger partial charge on any atom is 0.408 e. The number of amides is 1. The molecule has 0 saturated heterocycles. The Morgan fingerprint density at radius 3 is 2.38 bits per heavy atom. The van der Waals surface area contributed by atoms with E-state index in [0.29, 0.717) is 4.73 Å². The number of hydrogen-bond donors (Lipinski definition) is 3. The number of carboxylic acids is 2. The van der Waals surface area contributed by atoms with Gasteiger partial charge in [-0.25, -0.2) is 14.0 Å². The van der Waals surface area contributed by atoms with E-state index in [-0.39, 0.29) is 24.5 Å². The van der Waals surface area contributed by atoms with Crippen molar-refractivity contribution in [1.29, 1.82) is 0 Å². The van der Waals surface area contributed by atoms with Crippen LogP contribution in [0.1, 0.15) is 32.9 Å². The van der Waals surface area contributed by atoms with E-state index in [1.807, 2.05) is 0 Å². The van der Waals surface area contributed by atoms with Gasteiger partial charge < -0.3 is 30.2 Å². The number of carbonyl (C=O) groups is 3. The van der Waals surface area contributed by atoms with Crippen molar-refractivity contribution in [2.24, 2.45) is 5.92 Å². The summed E-state index contributed by atoms with van der Waals surface area (Å²) in [4.78, 5) is 34.8. The van der Waals surface area contributed by atoms with Gasteiger partial charge in [0.2, 0.25) is 6.20 Å². The molecular formula is C18H25FN2O8. The second-order valence-corrected chi connectivity index (χ2v) is 7.23. The molecule has 0 saturated carbocycles. The Morgan fingerprint density at radius 1 is 1.24 bits per heavy atom. The number of aromatic nitrogens is 1. The second kappa shape index (κ2) is 10.4. The Bertz CT molecular complexity index is 735. The van der Waals surface area contributed by atoms with Crippen molar-refractivity contribution in [2.45, 2.75) is 45.3 Å². The number of nitrogens with zero attached hydrogens (tertiary/aromatic N) is 1. The summed E-state index contributed by atoms with van der Waals surface area (Å²) in [5.74, 6) is -3.93. The minimum atomic E-state index is -1.53. The van der Waals surface area contributed by atoms with E-state index in [4.69, 9.17) is 9.47 Å². The molecule has 3 N–H and O–H groups in total. The lowest BCUT2D eigenvalue weighted by Gasteiger charge is -2.23. The van der Waals surface area contributed by atoms with Crippen molar-refractivity contribution < 1.29 is 43.2 Å². The van der Waals surface area contributed by atoms with Gasteiger partial charge in [-0.1, -0.05) is 0 Å². The summed E-state index contributed by atoms with van der Waals surface area (Å²) in [6.45, 7) is 3.82. The molecule has 11 heteroatoms. The number of rotatable bonds is 10. The van der Waals surface area contributed by atoms with E-state index in [0.717, 1.165) is 6.20 Å². The van der Waals surface area contributed by atoms with Crippen LogP contribution in [0.4, 0.5) is 9.18 Å². The number of nitrogens with one attached hydrogen (secondary N) is 1. The maximum absolute atomic E-state index is 12.1. The van der Waals surface area contributed by atoms with Crippen molar-refractivity contribution in [3.8, 4) is 5.75 Å².